The van der Waals surface area contributed by atoms with Gasteiger partial charge in [0.05, 0.1) is 24.1 Å². The zero-order valence-electron chi connectivity index (χ0n) is 22.7. The van der Waals surface area contributed by atoms with E-state index in [1.807, 2.05) is 39.0 Å². The van der Waals surface area contributed by atoms with Crippen molar-refractivity contribution in [2.45, 2.75) is 39.0 Å². The predicted molar refractivity (Wildman–Crippen MR) is 147 cm³/mol. The van der Waals surface area contributed by atoms with Gasteiger partial charge in [-0.25, -0.2) is 19.7 Å². The van der Waals surface area contributed by atoms with E-state index in [0.717, 1.165) is 22.5 Å². The predicted octanol–water partition coefficient (Wildman–Crippen LogP) is 5.00. The monoisotopic (exact) mass is 551 g/mol. The van der Waals surface area contributed by atoms with Crippen LogP contribution in [0.2, 0.25) is 0 Å². The Labute approximate surface area is 230 Å². The zero-order chi connectivity index (χ0) is 28.4. The van der Waals surface area contributed by atoms with E-state index in [-0.39, 0.29) is 11.8 Å². The van der Waals surface area contributed by atoms with Gasteiger partial charge in [-0.2, -0.15) is 8.78 Å². The van der Waals surface area contributed by atoms with Crippen molar-refractivity contribution in [2.75, 3.05) is 31.6 Å². The number of pyridine rings is 1. The molecule has 0 unspecified atom stereocenters. The molecule has 3 aromatic heterocycles. The molecular weight excluding hydrogens is 520 g/mol. The maximum atomic E-state index is 13.3. The maximum absolute atomic E-state index is 13.3. The summed E-state index contributed by atoms with van der Waals surface area (Å²) in [4.78, 5) is 33.8. The first kappa shape index (κ1) is 27.1. The summed E-state index contributed by atoms with van der Waals surface area (Å²) in [7, 11) is 1.58. The van der Waals surface area contributed by atoms with E-state index in [9.17, 15) is 13.6 Å². The molecule has 210 valence electrons. The van der Waals surface area contributed by atoms with Gasteiger partial charge in [0.25, 0.3) is 0 Å². The lowest BCUT2D eigenvalue weighted by molar-refractivity contribution is -0.0499. The summed E-state index contributed by atoms with van der Waals surface area (Å²) in [6.45, 7) is 4.48. The first-order valence-electron chi connectivity index (χ1n) is 12.9. The summed E-state index contributed by atoms with van der Waals surface area (Å²) in [5, 5.41) is 3.87. The lowest BCUT2D eigenvalue weighted by atomic mass is 9.98. The number of urea groups is 1. The molecule has 4 aromatic rings. The van der Waals surface area contributed by atoms with Gasteiger partial charge >= 0.3 is 12.6 Å². The number of nitrogens with zero attached hydrogens (tertiary/aromatic N) is 5. The van der Waals surface area contributed by atoms with Crippen LogP contribution in [0.3, 0.4) is 0 Å². The minimum absolute atomic E-state index is 0.0506. The summed E-state index contributed by atoms with van der Waals surface area (Å²) in [5.41, 5.74) is 2.63. The molecule has 2 amide bonds. The third kappa shape index (κ3) is 5.61. The molecule has 4 heterocycles. The topological polar surface area (TPSA) is 109 Å². The Morgan fingerprint density at radius 2 is 1.95 bits per heavy atom. The van der Waals surface area contributed by atoms with Crippen LogP contribution in [0.25, 0.3) is 22.3 Å². The Balaban J connectivity index is 1.31. The quantitative estimate of drug-likeness (QED) is 0.333. The van der Waals surface area contributed by atoms with Crippen molar-refractivity contribution in [2.24, 2.45) is 0 Å². The first-order valence-corrected chi connectivity index (χ1v) is 12.9. The molecule has 1 aliphatic heterocycles. The van der Waals surface area contributed by atoms with E-state index < -0.39 is 18.2 Å². The van der Waals surface area contributed by atoms with Crippen molar-refractivity contribution in [3.63, 3.8) is 0 Å². The summed E-state index contributed by atoms with van der Waals surface area (Å²) < 4.78 is 35.0. The van der Waals surface area contributed by atoms with Gasteiger partial charge in [0.15, 0.2) is 0 Å². The van der Waals surface area contributed by atoms with Crippen LogP contribution in [0, 0.1) is 0 Å². The fourth-order valence-corrected chi connectivity index (χ4v) is 5.04. The standard InChI is InChI=1S/C28H31F2N7O3/c1-17(18-6-5-7-20(12-18)40-26(29)30)34-27(38)37-11-10-36(15-28(37,2)3)25-21-14-22(35-24(21)32-16-33-25)19-8-9-31-23(13-19)39-4/h5-9,12-14,16-17,26H,10-11,15H2,1-4H3,(H,34,38)(H,32,33,35)/t17-/m0/s1. The van der Waals surface area contributed by atoms with Gasteiger partial charge < -0.3 is 29.6 Å². The van der Waals surface area contributed by atoms with Gasteiger partial charge in [0.1, 0.15) is 23.5 Å². The van der Waals surface area contributed by atoms with Crippen LogP contribution in [-0.4, -0.2) is 69.8 Å². The molecule has 1 atom stereocenters. The molecule has 1 saturated heterocycles. The van der Waals surface area contributed by atoms with Crippen molar-refractivity contribution in [3.8, 4) is 22.9 Å². The molecule has 0 radical (unpaired) electrons. The lowest BCUT2D eigenvalue weighted by Crippen LogP contribution is -2.63. The Kier molecular flexibility index (Phi) is 7.42. The third-order valence-electron chi connectivity index (χ3n) is 7.03. The van der Waals surface area contributed by atoms with Gasteiger partial charge in [-0.05, 0) is 50.6 Å². The number of ether oxygens (including phenoxy) is 2. The second kappa shape index (κ2) is 10.9. The number of fused-ring (bicyclic) bond motifs is 1. The Morgan fingerprint density at radius 3 is 2.70 bits per heavy atom. The highest BCUT2D eigenvalue weighted by atomic mass is 19.3. The van der Waals surface area contributed by atoms with Crippen molar-refractivity contribution >= 4 is 22.9 Å². The van der Waals surface area contributed by atoms with Crippen LogP contribution in [0.5, 0.6) is 11.6 Å². The van der Waals surface area contributed by atoms with Crippen LogP contribution < -0.4 is 19.7 Å². The smallest absolute Gasteiger partial charge is 0.387 e. The second-order valence-corrected chi connectivity index (χ2v) is 10.2. The highest BCUT2D eigenvalue weighted by molar-refractivity contribution is 5.92. The van der Waals surface area contributed by atoms with Gasteiger partial charge in [0.2, 0.25) is 5.88 Å². The van der Waals surface area contributed by atoms with E-state index >= 15 is 0 Å². The molecule has 2 N–H and O–H groups in total. The number of hydrogen-bond donors (Lipinski definition) is 2. The van der Waals surface area contributed by atoms with Crippen LogP contribution in [-0.2, 0) is 0 Å². The normalized spacial score (nSPS) is 15.8. The van der Waals surface area contributed by atoms with Crippen LogP contribution in [0.4, 0.5) is 19.4 Å². The van der Waals surface area contributed by atoms with Crippen LogP contribution in [0.1, 0.15) is 32.4 Å². The molecule has 0 aliphatic carbocycles. The van der Waals surface area contributed by atoms with Crippen LogP contribution in [0.15, 0.2) is 55.0 Å². The van der Waals surface area contributed by atoms with Crippen molar-refractivity contribution < 1.29 is 23.0 Å². The third-order valence-corrected chi connectivity index (χ3v) is 7.03. The van der Waals surface area contributed by atoms with Crippen LogP contribution >= 0.6 is 0 Å². The molecule has 5 rings (SSSR count). The molecule has 12 heteroatoms. The fraction of sp³-hybridized carbons (Fsp3) is 0.357. The van der Waals surface area contributed by atoms with Crippen molar-refractivity contribution in [1.29, 1.82) is 0 Å². The van der Waals surface area contributed by atoms with Gasteiger partial charge in [0, 0.05) is 43.2 Å². The molecule has 1 fully saturated rings. The number of H-pyrrole nitrogens is 1. The van der Waals surface area contributed by atoms with E-state index in [4.69, 9.17) is 4.74 Å². The number of benzene rings is 1. The number of rotatable bonds is 7. The van der Waals surface area contributed by atoms with Gasteiger partial charge in [-0.15, -0.1) is 0 Å². The number of anilines is 1. The Morgan fingerprint density at radius 1 is 1.12 bits per heavy atom. The number of carbonyl (C=O) groups is 1. The minimum Gasteiger partial charge on any atom is -0.481 e. The Bertz CT molecular complexity index is 1510. The number of carbonyl (C=O) groups excluding carboxylic acids is 1. The van der Waals surface area contributed by atoms with E-state index in [0.29, 0.717) is 36.7 Å². The van der Waals surface area contributed by atoms with E-state index in [1.54, 1.807) is 30.3 Å². The molecular formula is C28H31F2N7O3. The number of methoxy groups -OCH3 is 1. The van der Waals surface area contributed by atoms with Crippen molar-refractivity contribution in [3.05, 3.63) is 60.6 Å². The molecule has 1 aromatic carbocycles. The summed E-state index contributed by atoms with van der Waals surface area (Å²) in [5.74, 6) is 1.35. The number of halogens is 2. The average molecular weight is 552 g/mol. The highest BCUT2D eigenvalue weighted by Gasteiger charge is 2.38. The molecule has 1 aliphatic rings. The molecule has 40 heavy (non-hydrogen) atoms. The minimum atomic E-state index is -2.91. The zero-order valence-corrected chi connectivity index (χ0v) is 22.7. The summed E-state index contributed by atoms with van der Waals surface area (Å²) in [6, 6.07) is 11.5. The molecule has 0 bridgehead atoms. The summed E-state index contributed by atoms with van der Waals surface area (Å²) in [6.07, 6.45) is 3.22. The number of nitrogens with one attached hydrogen (secondary N) is 2. The SMILES string of the molecule is COc1cc(-c2cc3c(N4CCN(C(=O)N[C@@H](C)c5cccc(OC(F)F)c5)C(C)(C)C4)ncnc3[nH]2)ccn1. The lowest BCUT2D eigenvalue weighted by Gasteiger charge is -2.47. The van der Waals surface area contributed by atoms with Gasteiger partial charge in [-0.1, -0.05) is 12.1 Å². The number of aromatic nitrogens is 4. The molecule has 0 saturated carbocycles. The Hall–Kier alpha value is -4.48. The fourth-order valence-electron chi connectivity index (χ4n) is 5.04. The first-order chi connectivity index (χ1) is 19.1. The largest absolute Gasteiger partial charge is 0.481 e. The van der Waals surface area contributed by atoms with Crippen molar-refractivity contribution in [1.82, 2.24) is 30.2 Å². The molecule has 0 spiro atoms. The number of alkyl halides is 2. The van der Waals surface area contributed by atoms with Gasteiger partial charge in [-0.3, -0.25) is 0 Å². The second-order valence-electron chi connectivity index (χ2n) is 10.2. The summed E-state index contributed by atoms with van der Waals surface area (Å²) >= 11 is 0. The average Bonchev–Trinajstić information content (AvgIpc) is 3.37. The number of hydrogen-bond acceptors (Lipinski definition) is 7. The number of piperazine rings is 1. The number of amides is 2. The van der Waals surface area contributed by atoms with E-state index in [2.05, 4.69) is 34.9 Å². The van der Waals surface area contributed by atoms with E-state index in [1.165, 1.54) is 18.5 Å². The number of aromatic amines is 1. The highest BCUT2D eigenvalue weighted by Crippen LogP contribution is 2.32. The maximum Gasteiger partial charge on any atom is 0.387 e. The molecule has 10 nitrogen and oxygen atoms in total.